The molecule has 0 aliphatic rings. The van der Waals surface area contributed by atoms with Crippen LogP contribution in [-0.2, 0) is 4.79 Å². The molecule has 0 bridgehead atoms. The fourth-order valence-electron chi connectivity index (χ4n) is 1.40. The fraction of sp³-hybridized carbons (Fsp3) is 0.417. The maximum absolute atomic E-state index is 11.5. The lowest BCUT2D eigenvalue weighted by Crippen LogP contribution is -2.37. The Morgan fingerprint density at radius 2 is 2.28 bits per heavy atom. The van der Waals surface area contributed by atoms with Crippen molar-refractivity contribution in [3.8, 4) is 0 Å². The molecule has 1 aromatic heterocycles. The molecule has 0 spiro atoms. The van der Waals surface area contributed by atoms with Crippen molar-refractivity contribution >= 4 is 12.0 Å². The number of aromatic nitrogens is 1. The van der Waals surface area contributed by atoms with E-state index in [1.807, 2.05) is 13.0 Å². The van der Waals surface area contributed by atoms with E-state index < -0.39 is 5.97 Å². The molecule has 1 heterocycles. The molecule has 6 nitrogen and oxygen atoms in total. The molecule has 1 aromatic rings. The Kier molecular flexibility index (Phi) is 5.63. The monoisotopic (exact) mass is 251 g/mol. The fourth-order valence-corrected chi connectivity index (χ4v) is 1.40. The largest absolute Gasteiger partial charge is 0.481 e. The Hall–Kier alpha value is -2.11. The quantitative estimate of drug-likeness (QED) is 0.665. The first-order valence-electron chi connectivity index (χ1n) is 5.75. The van der Waals surface area contributed by atoms with Crippen LogP contribution < -0.4 is 10.6 Å². The number of hydrogen-bond acceptors (Lipinski definition) is 3. The predicted molar refractivity (Wildman–Crippen MR) is 66.1 cm³/mol. The van der Waals surface area contributed by atoms with Crippen molar-refractivity contribution in [2.45, 2.75) is 25.8 Å². The van der Waals surface area contributed by atoms with Crippen molar-refractivity contribution in [3.05, 3.63) is 30.1 Å². The number of rotatable bonds is 6. The second-order valence-corrected chi connectivity index (χ2v) is 3.91. The van der Waals surface area contributed by atoms with Gasteiger partial charge in [-0.1, -0.05) is 6.07 Å². The molecule has 1 atom stereocenters. The van der Waals surface area contributed by atoms with E-state index >= 15 is 0 Å². The first-order valence-corrected chi connectivity index (χ1v) is 5.75. The minimum absolute atomic E-state index is 0.0540. The summed E-state index contributed by atoms with van der Waals surface area (Å²) in [4.78, 5) is 25.7. The zero-order valence-electron chi connectivity index (χ0n) is 10.2. The molecule has 2 amide bonds. The van der Waals surface area contributed by atoms with Gasteiger partial charge in [0, 0.05) is 25.4 Å². The summed E-state index contributed by atoms with van der Waals surface area (Å²) in [5, 5.41) is 13.8. The van der Waals surface area contributed by atoms with Crippen LogP contribution in [0.25, 0.3) is 0 Å². The van der Waals surface area contributed by atoms with Crippen LogP contribution in [-0.4, -0.2) is 28.6 Å². The number of carbonyl (C=O) groups is 2. The second kappa shape index (κ2) is 7.26. The first kappa shape index (κ1) is 14.0. The van der Waals surface area contributed by atoms with Crippen molar-refractivity contribution in [3.63, 3.8) is 0 Å². The number of carboxylic acid groups (broad SMARTS) is 1. The van der Waals surface area contributed by atoms with Gasteiger partial charge in [0.25, 0.3) is 0 Å². The lowest BCUT2D eigenvalue weighted by molar-refractivity contribution is -0.137. The number of aliphatic carboxylic acids is 1. The third kappa shape index (κ3) is 5.29. The van der Waals surface area contributed by atoms with Crippen LogP contribution in [0, 0.1) is 0 Å². The van der Waals surface area contributed by atoms with E-state index in [4.69, 9.17) is 5.11 Å². The first-order chi connectivity index (χ1) is 8.59. The highest BCUT2D eigenvalue weighted by Gasteiger charge is 2.08. The highest BCUT2D eigenvalue weighted by atomic mass is 16.4. The van der Waals surface area contributed by atoms with Crippen LogP contribution in [0.4, 0.5) is 4.79 Å². The number of nitrogens with zero attached hydrogens (tertiary/aromatic N) is 1. The van der Waals surface area contributed by atoms with Gasteiger partial charge in [-0.25, -0.2) is 4.79 Å². The number of pyridine rings is 1. The van der Waals surface area contributed by atoms with E-state index in [1.54, 1.807) is 18.5 Å². The molecule has 0 aliphatic heterocycles. The molecule has 18 heavy (non-hydrogen) atoms. The number of carbonyl (C=O) groups excluding carboxylic acids is 1. The number of hydrogen-bond donors (Lipinski definition) is 3. The van der Waals surface area contributed by atoms with Crippen LogP contribution >= 0.6 is 0 Å². The van der Waals surface area contributed by atoms with Crippen LogP contribution in [0.15, 0.2) is 24.5 Å². The maximum atomic E-state index is 11.5. The second-order valence-electron chi connectivity index (χ2n) is 3.91. The maximum Gasteiger partial charge on any atom is 0.315 e. The summed E-state index contributed by atoms with van der Waals surface area (Å²) in [6.07, 6.45) is 3.83. The smallest absolute Gasteiger partial charge is 0.315 e. The van der Waals surface area contributed by atoms with Gasteiger partial charge in [0.15, 0.2) is 0 Å². The van der Waals surface area contributed by atoms with Crippen molar-refractivity contribution in [1.82, 2.24) is 15.6 Å². The van der Waals surface area contributed by atoms with Gasteiger partial charge in [-0.05, 0) is 25.0 Å². The Morgan fingerprint density at radius 1 is 1.50 bits per heavy atom. The Morgan fingerprint density at radius 3 is 2.89 bits per heavy atom. The van der Waals surface area contributed by atoms with Gasteiger partial charge in [0.2, 0.25) is 0 Å². The third-order valence-electron chi connectivity index (χ3n) is 2.38. The summed E-state index contributed by atoms with van der Waals surface area (Å²) >= 11 is 0. The summed E-state index contributed by atoms with van der Waals surface area (Å²) in [6, 6.07) is 3.23. The molecular weight excluding hydrogens is 234 g/mol. The summed E-state index contributed by atoms with van der Waals surface area (Å²) in [7, 11) is 0. The van der Waals surface area contributed by atoms with Gasteiger partial charge >= 0.3 is 12.0 Å². The predicted octanol–water partition coefficient (Wildman–Crippen LogP) is 1.31. The van der Waals surface area contributed by atoms with E-state index in [1.165, 1.54) is 0 Å². The van der Waals surface area contributed by atoms with E-state index in [2.05, 4.69) is 15.6 Å². The van der Waals surface area contributed by atoms with Gasteiger partial charge in [-0.2, -0.15) is 0 Å². The zero-order chi connectivity index (χ0) is 13.4. The molecule has 0 saturated carbocycles. The number of nitrogens with one attached hydrogen (secondary N) is 2. The standard InChI is InChI=1S/C12H17N3O3/c1-9(10-4-2-6-13-8-10)15-12(18)14-7-3-5-11(16)17/h2,4,6,8-9H,3,5,7H2,1H3,(H,16,17)(H2,14,15,18). The summed E-state index contributed by atoms with van der Waals surface area (Å²) in [6.45, 7) is 2.20. The van der Waals surface area contributed by atoms with Crippen molar-refractivity contribution in [1.29, 1.82) is 0 Å². The normalized spacial score (nSPS) is 11.6. The highest BCUT2D eigenvalue weighted by Crippen LogP contribution is 2.08. The average molecular weight is 251 g/mol. The minimum Gasteiger partial charge on any atom is -0.481 e. The summed E-state index contributed by atoms with van der Waals surface area (Å²) < 4.78 is 0. The molecule has 98 valence electrons. The molecule has 1 unspecified atom stereocenters. The SMILES string of the molecule is CC(NC(=O)NCCCC(=O)O)c1cccnc1. The van der Waals surface area contributed by atoms with E-state index in [-0.39, 0.29) is 18.5 Å². The number of urea groups is 1. The lowest BCUT2D eigenvalue weighted by Gasteiger charge is -2.14. The minimum atomic E-state index is -0.860. The van der Waals surface area contributed by atoms with Gasteiger partial charge in [-0.3, -0.25) is 9.78 Å². The molecule has 0 aliphatic carbocycles. The molecule has 1 rings (SSSR count). The molecule has 0 aromatic carbocycles. The van der Waals surface area contributed by atoms with Gasteiger partial charge < -0.3 is 15.7 Å². The Balaban J connectivity index is 2.26. The molecule has 0 radical (unpaired) electrons. The molecule has 6 heteroatoms. The van der Waals surface area contributed by atoms with Crippen LogP contribution in [0.3, 0.4) is 0 Å². The highest BCUT2D eigenvalue weighted by molar-refractivity contribution is 5.74. The van der Waals surface area contributed by atoms with Crippen LogP contribution in [0.5, 0.6) is 0 Å². The van der Waals surface area contributed by atoms with Crippen LogP contribution in [0.2, 0.25) is 0 Å². The average Bonchev–Trinajstić information content (AvgIpc) is 2.35. The van der Waals surface area contributed by atoms with E-state index in [0.717, 1.165) is 5.56 Å². The van der Waals surface area contributed by atoms with Crippen molar-refractivity contribution in [2.75, 3.05) is 6.54 Å². The third-order valence-corrected chi connectivity index (χ3v) is 2.38. The van der Waals surface area contributed by atoms with E-state index in [0.29, 0.717) is 13.0 Å². The molecular formula is C12H17N3O3. The number of amides is 2. The Bertz CT molecular complexity index is 395. The van der Waals surface area contributed by atoms with Gasteiger partial charge in [0.05, 0.1) is 6.04 Å². The van der Waals surface area contributed by atoms with E-state index in [9.17, 15) is 9.59 Å². The number of carboxylic acids is 1. The van der Waals surface area contributed by atoms with Gasteiger partial charge in [-0.15, -0.1) is 0 Å². The van der Waals surface area contributed by atoms with Crippen molar-refractivity contribution < 1.29 is 14.7 Å². The summed E-state index contributed by atoms with van der Waals surface area (Å²) in [5.74, 6) is -0.860. The molecule has 0 saturated heterocycles. The zero-order valence-corrected chi connectivity index (χ0v) is 10.2. The topological polar surface area (TPSA) is 91.3 Å². The van der Waals surface area contributed by atoms with Crippen molar-refractivity contribution in [2.24, 2.45) is 0 Å². The lowest BCUT2D eigenvalue weighted by atomic mass is 10.1. The van der Waals surface area contributed by atoms with Gasteiger partial charge in [0.1, 0.15) is 0 Å². The molecule has 3 N–H and O–H groups in total. The Labute approximate surface area is 105 Å². The molecule has 0 fully saturated rings. The summed E-state index contributed by atoms with van der Waals surface area (Å²) in [5.41, 5.74) is 0.915. The van der Waals surface area contributed by atoms with Crippen LogP contribution in [0.1, 0.15) is 31.4 Å².